The number of methoxy groups -OCH3 is 1. The van der Waals surface area contributed by atoms with Crippen LogP contribution in [0.25, 0.3) is 6.08 Å². The number of rotatable bonds is 5. The van der Waals surface area contributed by atoms with Crippen LogP contribution in [-0.2, 0) is 16.0 Å². The van der Waals surface area contributed by atoms with Gasteiger partial charge in [0, 0.05) is 26.7 Å². The van der Waals surface area contributed by atoms with Crippen molar-refractivity contribution < 1.29 is 14.3 Å². The van der Waals surface area contributed by atoms with Crippen LogP contribution in [0.15, 0.2) is 23.1 Å². The summed E-state index contributed by atoms with van der Waals surface area (Å²) in [5, 5.41) is 0. The van der Waals surface area contributed by atoms with E-state index in [4.69, 9.17) is 21.7 Å². The van der Waals surface area contributed by atoms with Gasteiger partial charge < -0.3 is 9.47 Å². The normalized spacial score (nSPS) is 21.9. The molecular formula is C17H19NO3S2. The quantitative estimate of drug-likeness (QED) is 0.463. The lowest BCUT2D eigenvalue weighted by atomic mass is 10.1. The van der Waals surface area contributed by atoms with Gasteiger partial charge in [0.15, 0.2) is 0 Å². The molecule has 122 valence electrons. The summed E-state index contributed by atoms with van der Waals surface area (Å²) < 4.78 is 11.4. The molecule has 6 heteroatoms. The molecule has 2 aliphatic rings. The van der Waals surface area contributed by atoms with Gasteiger partial charge in [-0.1, -0.05) is 30.0 Å². The highest BCUT2D eigenvalue weighted by atomic mass is 32.2. The minimum absolute atomic E-state index is 0.0128. The Bertz CT molecular complexity index is 672. The number of carbonyl (C=O) groups is 1. The standard InChI is InChI=1S/C17H19NO3S2/c1-11-8-13-9-12(4-5-14(13)21-11)10-15-16(19)18(17(22)23-15)6-3-7-20-2/h4-5,9-11H,3,6-8H2,1-2H3/b15-10-/t11-/m0/s1. The van der Waals surface area contributed by atoms with Gasteiger partial charge >= 0.3 is 0 Å². The Morgan fingerprint density at radius 3 is 3.13 bits per heavy atom. The maximum atomic E-state index is 12.5. The molecule has 23 heavy (non-hydrogen) atoms. The van der Waals surface area contributed by atoms with Gasteiger partial charge in [-0.2, -0.15) is 0 Å². The lowest BCUT2D eigenvalue weighted by molar-refractivity contribution is -0.122. The first-order valence-corrected chi connectivity index (χ1v) is 8.85. The molecule has 0 aliphatic carbocycles. The van der Waals surface area contributed by atoms with Gasteiger partial charge in [0.1, 0.15) is 16.2 Å². The first-order valence-electron chi connectivity index (χ1n) is 7.62. The Labute approximate surface area is 145 Å². The van der Waals surface area contributed by atoms with Crippen molar-refractivity contribution in [2.24, 2.45) is 0 Å². The van der Waals surface area contributed by atoms with Gasteiger partial charge in [-0.25, -0.2) is 0 Å². The summed E-state index contributed by atoms with van der Waals surface area (Å²) in [7, 11) is 1.66. The topological polar surface area (TPSA) is 38.8 Å². The van der Waals surface area contributed by atoms with E-state index in [2.05, 4.69) is 13.0 Å². The predicted octanol–water partition coefficient (Wildman–Crippen LogP) is 3.25. The molecule has 0 saturated carbocycles. The molecule has 0 aromatic heterocycles. The lowest BCUT2D eigenvalue weighted by Gasteiger charge is -2.13. The van der Waals surface area contributed by atoms with Gasteiger partial charge in [-0.15, -0.1) is 0 Å². The summed E-state index contributed by atoms with van der Waals surface area (Å²) >= 11 is 6.69. The van der Waals surface area contributed by atoms with Gasteiger partial charge in [-0.05, 0) is 42.7 Å². The SMILES string of the molecule is COCCCN1C(=O)/C(=C/c2ccc3c(c2)C[C@H](C)O3)SC1=S. The van der Waals surface area contributed by atoms with E-state index < -0.39 is 0 Å². The molecule has 4 nitrogen and oxygen atoms in total. The maximum Gasteiger partial charge on any atom is 0.266 e. The number of amides is 1. The van der Waals surface area contributed by atoms with Gasteiger partial charge in [0.25, 0.3) is 5.91 Å². The summed E-state index contributed by atoms with van der Waals surface area (Å²) in [5.74, 6) is 0.933. The molecule has 1 aromatic carbocycles. The van der Waals surface area contributed by atoms with E-state index >= 15 is 0 Å². The zero-order valence-electron chi connectivity index (χ0n) is 13.2. The van der Waals surface area contributed by atoms with E-state index in [1.165, 1.54) is 17.3 Å². The molecule has 3 rings (SSSR count). The third-order valence-electron chi connectivity index (χ3n) is 3.82. The number of fused-ring (bicyclic) bond motifs is 1. The van der Waals surface area contributed by atoms with Crippen LogP contribution in [0.2, 0.25) is 0 Å². The van der Waals surface area contributed by atoms with Crippen molar-refractivity contribution in [2.45, 2.75) is 25.9 Å². The molecule has 0 radical (unpaired) electrons. The van der Waals surface area contributed by atoms with Crippen LogP contribution in [0.1, 0.15) is 24.5 Å². The van der Waals surface area contributed by atoms with Crippen molar-refractivity contribution in [1.29, 1.82) is 0 Å². The predicted molar refractivity (Wildman–Crippen MR) is 96.6 cm³/mol. The number of hydrogen-bond acceptors (Lipinski definition) is 5. The Morgan fingerprint density at radius 2 is 2.35 bits per heavy atom. The molecule has 0 bridgehead atoms. The third kappa shape index (κ3) is 3.59. The smallest absolute Gasteiger partial charge is 0.266 e. The van der Waals surface area contributed by atoms with Gasteiger partial charge in [0.2, 0.25) is 0 Å². The number of carbonyl (C=O) groups excluding carboxylic acids is 1. The Morgan fingerprint density at radius 1 is 1.52 bits per heavy atom. The fraction of sp³-hybridized carbons (Fsp3) is 0.412. The second kappa shape index (κ2) is 7.03. The van der Waals surface area contributed by atoms with Crippen LogP contribution in [0, 0.1) is 0 Å². The zero-order chi connectivity index (χ0) is 16.4. The zero-order valence-corrected chi connectivity index (χ0v) is 14.8. The minimum Gasteiger partial charge on any atom is -0.490 e. The van der Waals surface area contributed by atoms with Crippen LogP contribution in [-0.4, -0.2) is 41.5 Å². The largest absolute Gasteiger partial charge is 0.490 e. The molecule has 0 unspecified atom stereocenters. The third-order valence-corrected chi connectivity index (χ3v) is 5.20. The summed E-state index contributed by atoms with van der Waals surface area (Å²) in [6, 6.07) is 6.05. The van der Waals surface area contributed by atoms with E-state index in [1.54, 1.807) is 12.0 Å². The maximum absolute atomic E-state index is 12.5. The fourth-order valence-electron chi connectivity index (χ4n) is 2.74. The summed E-state index contributed by atoms with van der Waals surface area (Å²) in [6.45, 7) is 3.29. The van der Waals surface area contributed by atoms with Crippen LogP contribution in [0.4, 0.5) is 0 Å². The summed E-state index contributed by atoms with van der Waals surface area (Å²) in [4.78, 5) is 14.8. The fourth-order valence-corrected chi connectivity index (χ4v) is 4.05. The molecule has 1 amide bonds. The molecular weight excluding hydrogens is 330 g/mol. The minimum atomic E-state index is -0.0128. The van der Waals surface area contributed by atoms with Crippen LogP contribution in [0.5, 0.6) is 5.75 Å². The first-order chi connectivity index (χ1) is 11.1. The van der Waals surface area contributed by atoms with E-state index in [1.807, 2.05) is 18.2 Å². The second-order valence-corrected chi connectivity index (χ2v) is 7.36. The number of thioether (sulfide) groups is 1. The van der Waals surface area contributed by atoms with Crippen molar-refractivity contribution in [1.82, 2.24) is 4.90 Å². The molecule has 0 spiro atoms. The van der Waals surface area contributed by atoms with Crippen molar-refractivity contribution in [3.05, 3.63) is 34.2 Å². The first kappa shape index (κ1) is 16.5. The average molecular weight is 349 g/mol. The molecule has 1 saturated heterocycles. The molecule has 1 fully saturated rings. The lowest BCUT2D eigenvalue weighted by Crippen LogP contribution is -2.29. The van der Waals surface area contributed by atoms with Crippen molar-refractivity contribution in [3.63, 3.8) is 0 Å². The number of ether oxygens (including phenoxy) is 2. The Kier molecular flexibility index (Phi) is 5.04. The summed E-state index contributed by atoms with van der Waals surface area (Å²) in [6.07, 6.45) is 3.83. The highest BCUT2D eigenvalue weighted by Crippen LogP contribution is 2.34. The molecule has 1 aromatic rings. The van der Waals surface area contributed by atoms with Gasteiger partial charge in [0.05, 0.1) is 4.91 Å². The Hall–Kier alpha value is -1.37. The van der Waals surface area contributed by atoms with E-state index in [0.717, 1.165) is 24.2 Å². The van der Waals surface area contributed by atoms with Crippen molar-refractivity contribution >= 4 is 40.3 Å². The van der Waals surface area contributed by atoms with Crippen molar-refractivity contribution in [3.8, 4) is 5.75 Å². The van der Waals surface area contributed by atoms with Crippen LogP contribution < -0.4 is 4.74 Å². The van der Waals surface area contributed by atoms with Crippen LogP contribution in [0.3, 0.4) is 0 Å². The monoisotopic (exact) mass is 349 g/mol. The number of benzene rings is 1. The van der Waals surface area contributed by atoms with Gasteiger partial charge in [-0.3, -0.25) is 9.69 Å². The number of nitrogens with zero attached hydrogens (tertiary/aromatic N) is 1. The van der Waals surface area contributed by atoms with Crippen LogP contribution >= 0.6 is 24.0 Å². The summed E-state index contributed by atoms with van der Waals surface area (Å²) in [5.41, 5.74) is 2.21. The Balaban J connectivity index is 1.74. The van der Waals surface area contributed by atoms with E-state index in [0.29, 0.717) is 22.4 Å². The molecule has 2 aliphatic heterocycles. The second-order valence-electron chi connectivity index (χ2n) is 5.68. The highest BCUT2D eigenvalue weighted by molar-refractivity contribution is 8.26. The van der Waals surface area contributed by atoms with E-state index in [9.17, 15) is 4.79 Å². The average Bonchev–Trinajstić information content (AvgIpc) is 3.00. The highest BCUT2D eigenvalue weighted by Gasteiger charge is 2.31. The van der Waals surface area contributed by atoms with E-state index in [-0.39, 0.29) is 12.0 Å². The van der Waals surface area contributed by atoms with Crippen molar-refractivity contribution in [2.75, 3.05) is 20.3 Å². The molecule has 2 heterocycles. The molecule has 0 N–H and O–H groups in total. The number of hydrogen-bond donors (Lipinski definition) is 0. The molecule has 1 atom stereocenters. The number of thiocarbonyl (C=S) groups is 1.